The number of rotatable bonds is 5. The van der Waals surface area contributed by atoms with Crippen molar-refractivity contribution in [2.24, 2.45) is 0 Å². The molecular formula is C18H21NO4S. The second-order valence-corrected chi connectivity index (χ2v) is 6.76. The maximum Gasteiger partial charge on any atom is 0.341 e. The molecule has 0 saturated heterocycles. The Balaban J connectivity index is 2.11. The van der Waals surface area contributed by atoms with Crippen molar-refractivity contribution in [3.8, 4) is 5.75 Å². The Bertz CT molecular complexity index is 759. The lowest BCUT2D eigenvalue weighted by molar-refractivity contribution is -0.118. The van der Waals surface area contributed by atoms with Crippen LogP contribution in [0, 0.1) is 27.7 Å². The minimum atomic E-state index is -0.456. The largest absolute Gasteiger partial charge is 0.483 e. The molecule has 0 aliphatic heterocycles. The predicted octanol–water partition coefficient (Wildman–Crippen LogP) is 3.79. The molecule has 2 rings (SSSR count). The van der Waals surface area contributed by atoms with E-state index >= 15 is 0 Å². The van der Waals surface area contributed by atoms with Crippen LogP contribution in [0.5, 0.6) is 5.75 Å². The average molecular weight is 347 g/mol. The maximum atomic E-state index is 12.2. The molecule has 1 N–H and O–H groups in total. The second-order valence-electron chi connectivity index (χ2n) is 5.54. The number of thiophene rings is 1. The first-order chi connectivity index (χ1) is 11.3. The van der Waals surface area contributed by atoms with Crippen molar-refractivity contribution in [2.75, 3.05) is 19.0 Å². The monoisotopic (exact) mass is 347 g/mol. The molecule has 0 saturated carbocycles. The zero-order chi connectivity index (χ0) is 17.9. The molecule has 2 aromatic rings. The summed E-state index contributed by atoms with van der Waals surface area (Å²) >= 11 is 1.35. The van der Waals surface area contributed by atoms with E-state index in [9.17, 15) is 9.59 Å². The molecule has 24 heavy (non-hydrogen) atoms. The normalized spacial score (nSPS) is 10.4. The highest BCUT2D eigenvalue weighted by Crippen LogP contribution is 2.33. The number of para-hydroxylation sites is 1. The van der Waals surface area contributed by atoms with Crippen molar-refractivity contribution in [1.29, 1.82) is 0 Å². The highest BCUT2D eigenvalue weighted by atomic mass is 32.1. The fourth-order valence-corrected chi connectivity index (χ4v) is 3.45. The van der Waals surface area contributed by atoms with Gasteiger partial charge < -0.3 is 14.8 Å². The molecular weight excluding hydrogens is 326 g/mol. The highest BCUT2D eigenvalue weighted by Gasteiger charge is 2.21. The van der Waals surface area contributed by atoms with Crippen molar-refractivity contribution in [3.05, 3.63) is 45.3 Å². The number of nitrogens with one attached hydrogen (secondary N) is 1. The van der Waals surface area contributed by atoms with Crippen LogP contribution >= 0.6 is 11.3 Å². The van der Waals surface area contributed by atoms with Crippen molar-refractivity contribution < 1.29 is 19.1 Å². The third-order valence-electron chi connectivity index (χ3n) is 3.78. The van der Waals surface area contributed by atoms with Gasteiger partial charge in [0.1, 0.15) is 10.8 Å². The average Bonchev–Trinajstić information content (AvgIpc) is 2.80. The zero-order valence-electron chi connectivity index (χ0n) is 14.5. The van der Waals surface area contributed by atoms with E-state index in [-0.39, 0.29) is 12.5 Å². The highest BCUT2D eigenvalue weighted by molar-refractivity contribution is 7.16. The summed E-state index contributed by atoms with van der Waals surface area (Å²) in [4.78, 5) is 25.1. The van der Waals surface area contributed by atoms with Gasteiger partial charge in [-0.05, 0) is 44.4 Å². The van der Waals surface area contributed by atoms with E-state index in [2.05, 4.69) is 5.32 Å². The summed E-state index contributed by atoms with van der Waals surface area (Å²) in [5.74, 6) is -0.0637. The predicted molar refractivity (Wildman–Crippen MR) is 95.2 cm³/mol. The minimum Gasteiger partial charge on any atom is -0.483 e. The molecule has 0 radical (unpaired) electrons. The second kappa shape index (κ2) is 7.49. The number of hydrogen-bond donors (Lipinski definition) is 1. The third-order valence-corrected chi connectivity index (χ3v) is 4.91. The quantitative estimate of drug-likeness (QED) is 0.836. The lowest BCUT2D eigenvalue weighted by atomic mass is 10.1. The van der Waals surface area contributed by atoms with Gasteiger partial charge in [0.15, 0.2) is 6.61 Å². The minimum absolute atomic E-state index is 0.123. The van der Waals surface area contributed by atoms with Gasteiger partial charge in [0.2, 0.25) is 0 Å². The number of carbonyl (C=O) groups excluding carboxylic acids is 2. The lowest BCUT2D eigenvalue weighted by Crippen LogP contribution is -2.21. The molecule has 0 atom stereocenters. The summed E-state index contributed by atoms with van der Waals surface area (Å²) in [5.41, 5.74) is 3.17. The van der Waals surface area contributed by atoms with Crippen LogP contribution in [0.2, 0.25) is 0 Å². The maximum absolute atomic E-state index is 12.2. The standard InChI is InChI=1S/C18H21NO4S/c1-10-7-6-8-11(2)16(10)23-9-14(20)19-17-15(18(21)22-5)12(3)13(4)24-17/h6-8H,9H2,1-5H3,(H,19,20). The number of ether oxygens (including phenoxy) is 2. The zero-order valence-corrected chi connectivity index (χ0v) is 15.3. The van der Waals surface area contributed by atoms with Crippen molar-refractivity contribution in [3.63, 3.8) is 0 Å². The summed E-state index contributed by atoms with van der Waals surface area (Å²) in [6.45, 7) is 7.47. The fourth-order valence-electron chi connectivity index (χ4n) is 2.39. The van der Waals surface area contributed by atoms with Gasteiger partial charge in [0.25, 0.3) is 5.91 Å². The SMILES string of the molecule is COC(=O)c1c(NC(=O)COc2c(C)cccc2C)sc(C)c1C. The molecule has 0 unspecified atom stereocenters. The molecule has 1 heterocycles. The van der Waals surface area contributed by atoms with Crippen molar-refractivity contribution in [2.45, 2.75) is 27.7 Å². The van der Waals surface area contributed by atoms with Crippen LogP contribution in [0.3, 0.4) is 0 Å². The number of methoxy groups -OCH3 is 1. The van der Waals surface area contributed by atoms with Gasteiger partial charge in [-0.15, -0.1) is 11.3 Å². The van der Waals surface area contributed by atoms with E-state index in [0.717, 1.165) is 21.6 Å². The van der Waals surface area contributed by atoms with Gasteiger partial charge in [-0.3, -0.25) is 4.79 Å². The van der Waals surface area contributed by atoms with Crippen molar-refractivity contribution >= 4 is 28.2 Å². The molecule has 0 spiro atoms. The molecule has 6 heteroatoms. The number of anilines is 1. The van der Waals surface area contributed by atoms with Gasteiger partial charge >= 0.3 is 5.97 Å². The molecule has 0 fully saturated rings. The molecule has 0 aliphatic carbocycles. The summed E-state index contributed by atoms with van der Waals surface area (Å²) in [6.07, 6.45) is 0. The van der Waals surface area contributed by atoms with E-state index in [1.165, 1.54) is 18.4 Å². The molecule has 0 bridgehead atoms. The Hall–Kier alpha value is -2.34. The van der Waals surface area contributed by atoms with Crippen LogP contribution in [0.4, 0.5) is 5.00 Å². The molecule has 128 valence electrons. The summed E-state index contributed by atoms with van der Waals surface area (Å²) < 4.78 is 10.4. The smallest absolute Gasteiger partial charge is 0.341 e. The number of aryl methyl sites for hydroxylation is 3. The Morgan fingerprint density at radius 2 is 1.75 bits per heavy atom. The number of amides is 1. The van der Waals surface area contributed by atoms with Gasteiger partial charge in [0.05, 0.1) is 12.7 Å². The van der Waals surface area contributed by atoms with Crippen LogP contribution in [-0.2, 0) is 9.53 Å². The van der Waals surface area contributed by atoms with E-state index in [1.807, 2.05) is 45.9 Å². The molecule has 1 aromatic heterocycles. The number of esters is 1. The summed E-state index contributed by atoms with van der Waals surface area (Å²) in [6, 6.07) is 5.81. The third kappa shape index (κ3) is 3.76. The van der Waals surface area contributed by atoms with Gasteiger partial charge in [-0.2, -0.15) is 0 Å². The molecule has 5 nitrogen and oxygen atoms in total. The summed E-state index contributed by atoms with van der Waals surface area (Å²) in [5, 5.41) is 3.24. The van der Waals surface area contributed by atoms with Gasteiger partial charge in [-0.25, -0.2) is 4.79 Å². The van der Waals surface area contributed by atoms with E-state index in [0.29, 0.717) is 16.3 Å². The number of benzene rings is 1. The van der Waals surface area contributed by atoms with Crippen LogP contribution in [0.1, 0.15) is 31.9 Å². The Morgan fingerprint density at radius 3 is 2.33 bits per heavy atom. The first kappa shape index (κ1) is 18.0. The van der Waals surface area contributed by atoms with Crippen LogP contribution < -0.4 is 10.1 Å². The summed E-state index contributed by atoms with van der Waals surface area (Å²) in [7, 11) is 1.32. The van der Waals surface area contributed by atoms with E-state index < -0.39 is 5.97 Å². The first-order valence-electron chi connectivity index (χ1n) is 7.52. The Kier molecular flexibility index (Phi) is 5.62. The fraction of sp³-hybridized carbons (Fsp3) is 0.333. The molecule has 1 amide bonds. The molecule has 1 aromatic carbocycles. The number of carbonyl (C=O) groups is 2. The van der Waals surface area contributed by atoms with Crippen molar-refractivity contribution in [1.82, 2.24) is 0 Å². The van der Waals surface area contributed by atoms with E-state index in [4.69, 9.17) is 9.47 Å². The first-order valence-corrected chi connectivity index (χ1v) is 8.34. The molecule has 0 aliphatic rings. The van der Waals surface area contributed by atoms with E-state index in [1.54, 1.807) is 0 Å². The van der Waals surface area contributed by atoms with Gasteiger partial charge in [0, 0.05) is 4.88 Å². The number of hydrogen-bond acceptors (Lipinski definition) is 5. The van der Waals surface area contributed by atoms with Crippen LogP contribution in [0.25, 0.3) is 0 Å². The Morgan fingerprint density at radius 1 is 1.12 bits per heavy atom. The van der Waals surface area contributed by atoms with Gasteiger partial charge in [-0.1, -0.05) is 18.2 Å². The van der Waals surface area contributed by atoms with Crippen LogP contribution in [0.15, 0.2) is 18.2 Å². The Labute approximate surface area is 145 Å². The topological polar surface area (TPSA) is 64.6 Å². The lowest BCUT2D eigenvalue weighted by Gasteiger charge is -2.12. The van der Waals surface area contributed by atoms with Crippen LogP contribution in [-0.4, -0.2) is 25.6 Å².